The number of amides is 1. The second-order valence-electron chi connectivity index (χ2n) is 7.08. The predicted octanol–water partition coefficient (Wildman–Crippen LogP) is 3.26. The van der Waals surface area contributed by atoms with Crippen LogP contribution in [0.3, 0.4) is 0 Å². The third-order valence-corrected chi connectivity index (χ3v) is 4.64. The molecule has 0 saturated carbocycles. The Kier molecular flexibility index (Phi) is 6.11. The van der Waals surface area contributed by atoms with E-state index >= 15 is 0 Å². The number of nitrogens with one attached hydrogen (secondary N) is 1. The zero-order valence-corrected chi connectivity index (χ0v) is 15.9. The molecule has 1 aliphatic rings. The minimum atomic E-state index is -0.415. The number of hydrogen-bond donors (Lipinski definition) is 1. The highest BCUT2D eigenvalue weighted by Gasteiger charge is 2.37. The van der Waals surface area contributed by atoms with Gasteiger partial charge in [-0.3, -0.25) is 9.48 Å². The zero-order valence-electron chi connectivity index (χ0n) is 15.9. The number of carbonyl (C=O) groups excluding carboxylic acids is 1. The van der Waals surface area contributed by atoms with E-state index in [-0.39, 0.29) is 35.8 Å². The first-order chi connectivity index (χ1) is 13.0. The second-order valence-corrected chi connectivity index (χ2v) is 7.08. The quantitative estimate of drug-likeness (QED) is 0.807. The summed E-state index contributed by atoms with van der Waals surface area (Å²) in [6.07, 6.45) is 1.73. The topological polar surface area (TPSA) is 65.4 Å². The number of nitrogens with zero attached hydrogens (tertiary/aromatic N) is 2. The molecular formula is C20H26FN3O3. The predicted molar refractivity (Wildman–Crippen MR) is 98.9 cm³/mol. The van der Waals surface area contributed by atoms with Crippen LogP contribution in [0.15, 0.2) is 36.5 Å². The van der Waals surface area contributed by atoms with E-state index in [1.165, 1.54) is 6.07 Å². The van der Waals surface area contributed by atoms with Gasteiger partial charge in [0.25, 0.3) is 0 Å². The number of para-hydroxylation sites is 1. The van der Waals surface area contributed by atoms with Crippen molar-refractivity contribution in [3.8, 4) is 5.75 Å². The van der Waals surface area contributed by atoms with E-state index in [0.29, 0.717) is 19.6 Å². The number of benzene rings is 1. The Morgan fingerprint density at radius 2 is 2.15 bits per heavy atom. The van der Waals surface area contributed by atoms with Gasteiger partial charge in [-0.1, -0.05) is 12.1 Å². The van der Waals surface area contributed by atoms with Gasteiger partial charge in [0.1, 0.15) is 12.2 Å². The number of aromatic nitrogens is 2. The van der Waals surface area contributed by atoms with Gasteiger partial charge in [0.15, 0.2) is 11.6 Å². The Bertz CT molecular complexity index is 777. The van der Waals surface area contributed by atoms with Crippen molar-refractivity contribution in [3.63, 3.8) is 0 Å². The van der Waals surface area contributed by atoms with E-state index < -0.39 is 5.82 Å². The van der Waals surface area contributed by atoms with Gasteiger partial charge in [-0.2, -0.15) is 5.10 Å². The van der Waals surface area contributed by atoms with Gasteiger partial charge in [-0.25, -0.2) is 4.39 Å². The van der Waals surface area contributed by atoms with Crippen LogP contribution in [0.1, 0.15) is 45.0 Å². The molecule has 1 aromatic carbocycles. The van der Waals surface area contributed by atoms with Crippen molar-refractivity contribution in [2.24, 2.45) is 5.92 Å². The molecule has 0 aliphatic carbocycles. The summed E-state index contributed by atoms with van der Waals surface area (Å²) in [7, 11) is 0. The van der Waals surface area contributed by atoms with E-state index in [1.807, 2.05) is 24.6 Å². The lowest BCUT2D eigenvalue weighted by Crippen LogP contribution is -2.38. The van der Waals surface area contributed by atoms with E-state index in [0.717, 1.165) is 5.69 Å². The lowest BCUT2D eigenvalue weighted by Gasteiger charge is -2.22. The summed E-state index contributed by atoms with van der Waals surface area (Å²) in [5.41, 5.74) is 0.915. The molecule has 0 unspecified atom stereocenters. The maximum absolute atomic E-state index is 13.7. The molecule has 7 heteroatoms. The summed E-state index contributed by atoms with van der Waals surface area (Å²) in [6, 6.07) is 8.33. The highest BCUT2D eigenvalue weighted by Crippen LogP contribution is 2.35. The van der Waals surface area contributed by atoms with Gasteiger partial charge in [0.2, 0.25) is 5.91 Å². The molecule has 6 nitrogen and oxygen atoms in total. The maximum atomic E-state index is 13.7. The number of ether oxygens (including phenoxy) is 2. The summed E-state index contributed by atoms with van der Waals surface area (Å²) in [5.74, 6) is -0.595. The smallest absolute Gasteiger partial charge is 0.226 e. The summed E-state index contributed by atoms with van der Waals surface area (Å²) in [4.78, 5) is 12.7. The number of rotatable bonds is 7. The Hall–Kier alpha value is -2.41. The van der Waals surface area contributed by atoms with Crippen molar-refractivity contribution >= 4 is 5.91 Å². The highest BCUT2D eigenvalue weighted by molar-refractivity contribution is 5.79. The molecule has 3 atom stereocenters. The fourth-order valence-corrected chi connectivity index (χ4v) is 3.30. The summed E-state index contributed by atoms with van der Waals surface area (Å²) in [6.45, 7) is 6.71. The van der Waals surface area contributed by atoms with Crippen molar-refractivity contribution in [1.29, 1.82) is 0 Å². The largest absolute Gasteiger partial charge is 0.486 e. The fraction of sp³-hybridized carbons (Fsp3) is 0.500. The molecule has 3 rings (SSSR count). The molecule has 27 heavy (non-hydrogen) atoms. The maximum Gasteiger partial charge on any atom is 0.226 e. The molecule has 1 saturated heterocycles. The lowest BCUT2D eigenvalue weighted by molar-refractivity contribution is -0.127. The molecule has 0 bridgehead atoms. The van der Waals surface area contributed by atoms with Crippen LogP contribution >= 0.6 is 0 Å². The van der Waals surface area contributed by atoms with Gasteiger partial charge in [-0.05, 0) is 45.4 Å². The van der Waals surface area contributed by atoms with E-state index in [4.69, 9.17) is 9.47 Å². The molecule has 2 heterocycles. The van der Waals surface area contributed by atoms with Gasteiger partial charge in [0.05, 0.1) is 18.2 Å². The first-order valence-corrected chi connectivity index (χ1v) is 9.31. The van der Waals surface area contributed by atoms with Crippen LogP contribution in [-0.4, -0.2) is 34.9 Å². The summed E-state index contributed by atoms with van der Waals surface area (Å²) >= 11 is 0. The lowest BCUT2D eigenvalue weighted by atomic mass is 9.97. The second kappa shape index (κ2) is 8.52. The highest BCUT2D eigenvalue weighted by atomic mass is 19.1. The number of carbonyl (C=O) groups is 1. The molecule has 0 radical (unpaired) electrons. The molecule has 1 N–H and O–H groups in total. The Balaban J connectivity index is 1.58. The van der Waals surface area contributed by atoms with Crippen molar-refractivity contribution in [2.45, 2.75) is 45.4 Å². The van der Waals surface area contributed by atoms with Crippen molar-refractivity contribution in [3.05, 3.63) is 48.0 Å². The van der Waals surface area contributed by atoms with Crippen LogP contribution < -0.4 is 10.1 Å². The first-order valence-electron chi connectivity index (χ1n) is 9.31. The Morgan fingerprint density at radius 3 is 2.89 bits per heavy atom. The van der Waals surface area contributed by atoms with Crippen LogP contribution in [0.25, 0.3) is 0 Å². The molecule has 146 valence electrons. The van der Waals surface area contributed by atoms with Gasteiger partial charge in [0, 0.05) is 18.8 Å². The molecular weight excluding hydrogens is 349 g/mol. The Morgan fingerprint density at radius 1 is 1.37 bits per heavy atom. The van der Waals surface area contributed by atoms with Gasteiger partial charge < -0.3 is 14.8 Å². The minimum Gasteiger partial charge on any atom is -0.486 e. The van der Waals surface area contributed by atoms with Crippen LogP contribution in [0.4, 0.5) is 4.39 Å². The van der Waals surface area contributed by atoms with E-state index in [1.54, 1.807) is 31.3 Å². The van der Waals surface area contributed by atoms with Crippen molar-refractivity contribution in [2.75, 3.05) is 13.2 Å². The average molecular weight is 375 g/mol. The average Bonchev–Trinajstić information content (AvgIpc) is 3.30. The SMILES string of the molecule is CC(C)n1nccc1[C@H]1OCC[C@@H]1C(=O)NC[C@H](C)Oc1ccccc1F. The van der Waals surface area contributed by atoms with Crippen LogP contribution in [0.5, 0.6) is 5.75 Å². The van der Waals surface area contributed by atoms with Gasteiger partial charge in [-0.15, -0.1) is 0 Å². The minimum absolute atomic E-state index is 0.0852. The molecule has 1 aliphatic heterocycles. The third kappa shape index (κ3) is 4.47. The van der Waals surface area contributed by atoms with E-state index in [2.05, 4.69) is 10.4 Å². The van der Waals surface area contributed by atoms with Crippen LogP contribution in [-0.2, 0) is 9.53 Å². The first kappa shape index (κ1) is 19.4. The third-order valence-electron chi connectivity index (χ3n) is 4.64. The Labute approximate surface area is 158 Å². The van der Waals surface area contributed by atoms with Crippen LogP contribution in [0.2, 0.25) is 0 Å². The van der Waals surface area contributed by atoms with Crippen LogP contribution in [0, 0.1) is 11.7 Å². The number of hydrogen-bond acceptors (Lipinski definition) is 4. The van der Waals surface area contributed by atoms with Crippen molar-refractivity contribution < 1.29 is 18.7 Å². The zero-order chi connectivity index (χ0) is 19.4. The standard InChI is InChI=1S/C20H26FN3O3/c1-13(2)24-17(8-10-23-24)19-15(9-11-26-19)20(25)22-12-14(3)27-18-7-5-4-6-16(18)21/h4-8,10,13-15,19H,9,11-12H2,1-3H3,(H,22,25)/t14-,15-,19-/m0/s1. The monoisotopic (exact) mass is 375 g/mol. The summed E-state index contributed by atoms with van der Waals surface area (Å²) in [5, 5.41) is 7.24. The number of halogens is 1. The molecule has 0 spiro atoms. The van der Waals surface area contributed by atoms with Crippen molar-refractivity contribution in [1.82, 2.24) is 15.1 Å². The molecule has 1 fully saturated rings. The van der Waals surface area contributed by atoms with Gasteiger partial charge >= 0.3 is 0 Å². The molecule has 1 aromatic heterocycles. The normalized spacial score (nSPS) is 20.6. The molecule has 2 aromatic rings. The van der Waals surface area contributed by atoms with E-state index in [9.17, 15) is 9.18 Å². The fourth-order valence-electron chi connectivity index (χ4n) is 3.30. The molecule has 1 amide bonds. The summed E-state index contributed by atoms with van der Waals surface area (Å²) < 4.78 is 27.0.